The number of nitrogens with zero attached hydrogens (tertiary/aromatic N) is 1. The molecule has 0 aliphatic heterocycles. The SMILES string of the molecule is N#Cc1c(S(=O)(=O)Cl)ccc(Cl)c1SC(F)(F)F. The Bertz CT molecular complexity index is 622. The Morgan fingerprint density at radius 1 is 1.33 bits per heavy atom. The number of thioether (sulfide) groups is 1. The summed E-state index contributed by atoms with van der Waals surface area (Å²) in [7, 11) is 0.696. The van der Waals surface area contributed by atoms with E-state index >= 15 is 0 Å². The fourth-order valence-corrected chi connectivity index (χ4v) is 3.06. The van der Waals surface area contributed by atoms with Crippen LogP contribution in [-0.2, 0) is 9.05 Å². The average Bonchev–Trinajstić information content (AvgIpc) is 2.17. The molecule has 0 aliphatic carbocycles. The van der Waals surface area contributed by atoms with Crippen molar-refractivity contribution in [1.29, 1.82) is 5.26 Å². The van der Waals surface area contributed by atoms with Crippen LogP contribution in [0.1, 0.15) is 5.56 Å². The van der Waals surface area contributed by atoms with E-state index in [0.717, 1.165) is 12.1 Å². The number of alkyl halides is 3. The molecule has 0 amide bonds. The van der Waals surface area contributed by atoms with Crippen LogP contribution in [0.4, 0.5) is 13.2 Å². The number of halogens is 5. The highest BCUT2D eigenvalue weighted by atomic mass is 35.7. The second-order valence-electron chi connectivity index (χ2n) is 2.85. The Morgan fingerprint density at radius 2 is 1.89 bits per heavy atom. The lowest BCUT2D eigenvalue weighted by Crippen LogP contribution is -2.03. The molecule has 0 aliphatic rings. The molecule has 0 bridgehead atoms. The summed E-state index contributed by atoms with van der Waals surface area (Å²) >= 11 is 4.86. The molecular formula is C8H2Cl2F3NO2S2. The fraction of sp³-hybridized carbons (Fsp3) is 0.125. The van der Waals surface area contributed by atoms with Crippen LogP contribution in [0.2, 0.25) is 5.02 Å². The predicted octanol–water partition coefficient (Wildman–Crippen LogP) is 3.75. The zero-order chi connectivity index (χ0) is 14.1. The molecule has 0 N–H and O–H groups in total. The van der Waals surface area contributed by atoms with Crippen LogP contribution in [0.3, 0.4) is 0 Å². The van der Waals surface area contributed by atoms with Gasteiger partial charge in [-0.3, -0.25) is 0 Å². The highest BCUT2D eigenvalue weighted by Crippen LogP contribution is 2.43. The summed E-state index contributed by atoms with van der Waals surface area (Å²) < 4.78 is 59.1. The Hall–Kier alpha value is -0.620. The third-order valence-electron chi connectivity index (χ3n) is 1.66. The highest BCUT2D eigenvalue weighted by molar-refractivity contribution is 8.13. The lowest BCUT2D eigenvalue weighted by molar-refractivity contribution is -0.0328. The molecule has 98 valence electrons. The first-order chi connectivity index (χ1) is 8.06. The van der Waals surface area contributed by atoms with Gasteiger partial charge >= 0.3 is 5.51 Å². The van der Waals surface area contributed by atoms with Gasteiger partial charge in [-0.2, -0.15) is 18.4 Å². The maximum Gasteiger partial charge on any atom is 0.446 e. The molecule has 10 heteroatoms. The van der Waals surface area contributed by atoms with E-state index in [2.05, 4.69) is 0 Å². The Labute approximate surface area is 114 Å². The van der Waals surface area contributed by atoms with Gasteiger partial charge in [-0.05, 0) is 23.9 Å². The molecule has 18 heavy (non-hydrogen) atoms. The van der Waals surface area contributed by atoms with Gasteiger partial charge in [-0.15, -0.1) is 0 Å². The van der Waals surface area contributed by atoms with Crippen molar-refractivity contribution in [3.05, 3.63) is 22.7 Å². The minimum Gasteiger partial charge on any atom is -0.207 e. The van der Waals surface area contributed by atoms with Gasteiger partial charge in [0.2, 0.25) is 0 Å². The molecule has 0 spiro atoms. The summed E-state index contributed by atoms with van der Waals surface area (Å²) in [6, 6.07) is 3.18. The van der Waals surface area contributed by atoms with Crippen LogP contribution < -0.4 is 0 Å². The zero-order valence-corrected chi connectivity index (χ0v) is 11.3. The van der Waals surface area contributed by atoms with Gasteiger partial charge < -0.3 is 0 Å². The fourth-order valence-electron chi connectivity index (χ4n) is 1.06. The van der Waals surface area contributed by atoms with Crippen molar-refractivity contribution in [2.75, 3.05) is 0 Å². The molecule has 0 saturated carbocycles. The van der Waals surface area contributed by atoms with E-state index < -0.39 is 41.7 Å². The number of hydrogen-bond donors (Lipinski definition) is 0. The second kappa shape index (κ2) is 5.17. The van der Waals surface area contributed by atoms with Crippen LogP contribution in [0.15, 0.2) is 21.9 Å². The van der Waals surface area contributed by atoms with E-state index in [1.165, 1.54) is 6.07 Å². The van der Waals surface area contributed by atoms with Crippen LogP contribution in [0, 0.1) is 11.3 Å². The van der Waals surface area contributed by atoms with Crippen molar-refractivity contribution in [3.8, 4) is 6.07 Å². The number of hydrogen-bond acceptors (Lipinski definition) is 4. The van der Waals surface area contributed by atoms with E-state index in [1.807, 2.05) is 0 Å². The maximum atomic E-state index is 12.3. The van der Waals surface area contributed by atoms with E-state index in [0.29, 0.717) is 0 Å². The lowest BCUT2D eigenvalue weighted by atomic mass is 10.2. The van der Waals surface area contributed by atoms with Crippen molar-refractivity contribution in [2.24, 2.45) is 0 Å². The minimum atomic E-state index is -4.70. The van der Waals surface area contributed by atoms with Crippen LogP contribution in [-0.4, -0.2) is 13.9 Å². The van der Waals surface area contributed by atoms with Gasteiger partial charge in [-0.25, -0.2) is 8.42 Å². The van der Waals surface area contributed by atoms with Crippen molar-refractivity contribution in [3.63, 3.8) is 0 Å². The molecule has 3 nitrogen and oxygen atoms in total. The van der Waals surface area contributed by atoms with Crippen LogP contribution in [0.5, 0.6) is 0 Å². The molecule has 0 heterocycles. The lowest BCUT2D eigenvalue weighted by Gasteiger charge is -2.10. The standard InChI is InChI=1S/C8H2Cl2F3NO2S2/c9-5-1-2-6(18(10,15)16)4(3-14)7(5)17-8(11,12)13/h1-2H. The molecule has 0 fully saturated rings. The largest absolute Gasteiger partial charge is 0.446 e. The molecule has 0 radical (unpaired) electrons. The highest BCUT2D eigenvalue weighted by Gasteiger charge is 2.33. The summed E-state index contributed by atoms with van der Waals surface area (Å²) in [4.78, 5) is -1.39. The van der Waals surface area contributed by atoms with Gasteiger partial charge in [0.05, 0.1) is 15.5 Å². The predicted molar refractivity (Wildman–Crippen MR) is 61.1 cm³/mol. The molecule has 0 aromatic heterocycles. The third kappa shape index (κ3) is 3.68. The van der Waals surface area contributed by atoms with Gasteiger partial charge in [0.25, 0.3) is 9.05 Å². The Morgan fingerprint density at radius 3 is 2.28 bits per heavy atom. The van der Waals surface area contributed by atoms with Crippen LogP contribution in [0.25, 0.3) is 0 Å². The molecule has 0 unspecified atom stereocenters. The summed E-state index contributed by atoms with van der Waals surface area (Å²) in [5, 5.41) is 8.39. The molecular weight excluding hydrogens is 334 g/mol. The van der Waals surface area contributed by atoms with Gasteiger partial charge in [-0.1, -0.05) is 11.6 Å². The monoisotopic (exact) mass is 335 g/mol. The summed E-state index contributed by atoms with van der Waals surface area (Å²) in [5.74, 6) is 0. The Balaban J connectivity index is 3.57. The quantitative estimate of drug-likeness (QED) is 0.610. The average molecular weight is 336 g/mol. The van der Waals surface area contributed by atoms with Crippen molar-refractivity contribution < 1.29 is 21.6 Å². The van der Waals surface area contributed by atoms with Gasteiger partial charge in [0.15, 0.2) is 0 Å². The summed E-state index contributed by atoms with van der Waals surface area (Å²) in [5.41, 5.74) is -5.43. The normalized spacial score (nSPS) is 12.2. The third-order valence-corrected chi connectivity index (χ3v) is 4.31. The van der Waals surface area contributed by atoms with Crippen molar-refractivity contribution >= 4 is 43.1 Å². The molecule has 0 saturated heterocycles. The van der Waals surface area contributed by atoms with E-state index in [9.17, 15) is 21.6 Å². The first-order valence-corrected chi connectivity index (χ1v) is 7.49. The number of nitriles is 1. The van der Waals surface area contributed by atoms with Crippen molar-refractivity contribution in [1.82, 2.24) is 0 Å². The molecule has 0 atom stereocenters. The van der Waals surface area contributed by atoms with Crippen molar-refractivity contribution in [2.45, 2.75) is 15.3 Å². The van der Waals surface area contributed by atoms with Gasteiger partial charge in [0, 0.05) is 10.7 Å². The van der Waals surface area contributed by atoms with E-state index in [4.69, 9.17) is 27.5 Å². The topological polar surface area (TPSA) is 57.9 Å². The van der Waals surface area contributed by atoms with Crippen LogP contribution >= 0.6 is 34.0 Å². The molecule has 1 aromatic carbocycles. The summed E-state index contributed by atoms with van der Waals surface area (Å²) in [6.07, 6.45) is 0. The first kappa shape index (κ1) is 15.4. The second-order valence-corrected chi connectivity index (χ2v) is 6.86. The van der Waals surface area contributed by atoms with E-state index in [-0.39, 0.29) is 5.02 Å². The molecule has 1 aromatic rings. The summed E-state index contributed by atoms with van der Waals surface area (Å²) in [6.45, 7) is 0. The number of benzene rings is 1. The maximum absolute atomic E-state index is 12.3. The number of rotatable bonds is 2. The molecule has 1 rings (SSSR count). The van der Waals surface area contributed by atoms with Gasteiger partial charge in [0.1, 0.15) is 11.0 Å². The smallest absolute Gasteiger partial charge is 0.207 e. The Kier molecular flexibility index (Phi) is 4.43. The first-order valence-electron chi connectivity index (χ1n) is 3.99. The minimum absolute atomic E-state index is 0.377. The van der Waals surface area contributed by atoms with E-state index in [1.54, 1.807) is 0 Å². The zero-order valence-electron chi connectivity index (χ0n) is 8.12.